The van der Waals surface area contributed by atoms with Crippen molar-refractivity contribution in [1.82, 2.24) is 0 Å². The van der Waals surface area contributed by atoms with E-state index in [4.69, 9.17) is 16.3 Å². The molecule has 0 aromatic heterocycles. The summed E-state index contributed by atoms with van der Waals surface area (Å²) in [7, 11) is 1.58. The first kappa shape index (κ1) is 18.1. The molecule has 0 spiro atoms. The summed E-state index contributed by atoms with van der Waals surface area (Å²) in [5.74, 6) is 0.443. The van der Waals surface area contributed by atoms with Crippen LogP contribution in [0.2, 0.25) is 5.02 Å². The number of halogens is 1. The van der Waals surface area contributed by atoms with Gasteiger partial charge in [-0.2, -0.15) is 0 Å². The van der Waals surface area contributed by atoms with Gasteiger partial charge in [0.05, 0.1) is 28.0 Å². The normalized spacial score (nSPS) is 11.6. The number of rotatable bonds is 6. The van der Waals surface area contributed by atoms with E-state index in [0.717, 1.165) is 10.6 Å². The van der Waals surface area contributed by atoms with Gasteiger partial charge < -0.3 is 10.1 Å². The van der Waals surface area contributed by atoms with Crippen LogP contribution in [0.1, 0.15) is 6.92 Å². The summed E-state index contributed by atoms with van der Waals surface area (Å²) in [6, 6.07) is 11.2. The minimum atomic E-state index is -0.540. The molecule has 2 rings (SSSR count). The summed E-state index contributed by atoms with van der Waals surface area (Å²) >= 11 is 7.35. The van der Waals surface area contributed by atoms with Crippen LogP contribution >= 0.6 is 23.4 Å². The Balaban J connectivity index is 2.05. The van der Waals surface area contributed by atoms with Gasteiger partial charge in [0.1, 0.15) is 5.75 Å². The van der Waals surface area contributed by atoms with Crippen LogP contribution in [0.4, 0.5) is 11.4 Å². The van der Waals surface area contributed by atoms with E-state index >= 15 is 0 Å². The molecule has 24 heavy (non-hydrogen) atoms. The summed E-state index contributed by atoms with van der Waals surface area (Å²) in [6.45, 7) is 1.75. The average molecular weight is 367 g/mol. The smallest absolute Gasteiger partial charge is 0.271 e. The Labute approximate surface area is 148 Å². The summed E-state index contributed by atoms with van der Waals surface area (Å²) in [6.07, 6.45) is 0. The molecule has 0 saturated carbocycles. The van der Waals surface area contributed by atoms with Crippen LogP contribution in [-0.4, -0.2) is 23.2 Å². The second-order valence-electron chi connectivity index (χ2n) is 4.85. The minimum Gasteiger partial charge on any atom is -0.497 e. The van der Waals surface area contributed by atoms with Crippen LogP contribution in [0.15, 0.2) is 47.4 Å². The highest BCUT2D eigenvalue weighted by molar-refractivity contribution is 8.00. The van der Waals surface area contributed by atoms with Crippen LogP contribution < -0.4 is 10.1 Å². The molecular weight excluding hydrogens is 352 g/mol. The van der Waals surface area contributed by atoms with Gasteiger partial charge in [0.15, 0.2) is 0 Å². The van der Waals surface area contributed by atoms with Gasteiger partial charge in [-0.15, -0.1) is 11.8 Å². The third kappa shape index (κ3) is 4.62. The molecule has 1 N–H and O–H groups in total. The molecule has 0 aliphatic heterocycles. The van der Waals surface area contributed by atoms with Crippen LogP contribution in [0, 0.1) is 10.1 Å². The Morgan fingerprint density at radius 2 is 1.96 bits per heavy atom. The Morgan fingerprint density at radius 1 is 1.29 bits per heavy atom. The highest BCUT2D eigenvalue weighted by Crippen LogP contribution is 2.29. The maximum atomic E-state index is 12.3. The van der Waals surface area contributed by atoms with E-state index in [1.165, 1.54) is 30.0 Å². The minimum absolute atomic E-state index is 0.134. The van der Waals surface area contributed by atoms with Gasteiger partial charge in [0.2, 0.25) is 5.91 Å². The maximum absolute atomic E-state index is 12.3. The number of hydrogen-bond donors (Lipinski definition) is 1. The molecule has 1 unspecified atom stereocenters. The van der Waals surface area contributed by atoms with Crippen molar-refractivity contribution in [1.29, 1.82) is 0 Å². The summed E-state index contributed by atoms with van der Waals surface area (Å²) < 4.78 is 5.09. The second kappa shape index (κ2) is 8.03. The van der Waals surface area contributed by atoms with Crippen molar-refractivity contribution in [3.05, 3.63) is 57.6 Å². The van der Waals surface area contributed by atoms with Crippen molar-refractivity contribution in [2.75, 3.05) is 12.4 Å². The molecule has 0 heterocycles. The number of nitro benzene ring substituents is 1. The van der Waals surface area contributed by atoms with Gasteiger partial charge in [-0.25, -0.2) is 0 Å². The fourth-order valence-corrected chi connectivity index (χ4v) is 2.90. The molecule has 0 saturated heterocycles. The van der Waals surface area contributed by atoms with Crippen molar-refractivity contribution in [2.24, 2.45) is 0 Å². The van der Waals surface area contributed by atoms with E-state index in [2.05, 4.69) is 5.32 Å². The maximum Gasteiger partial charge on any atom is 0.271 e. The van der Waals surface area contributed by atoms with Gasteiger partial charge in [-0.1, -0.05) is 11.6 Å². The predicted molar refractivity (Wildman–Crippen MR) is 95.0 cm³/mol. The van der Waals surface area contributed by atoms with Crippen molar-refractivity contribution in [2.45, 2.75) is 17.1 Å². The number of anilines is 1. The zero-order chi connectivity index (χ0) is 17.7. The van der Waals surface area contributed by atoms with Crippen molar-refractivity contribution >= 4 is 40.6 Å². The van der Waals surface area contributed by atoms with E-state index in [1.807, 2.05) is 24.3 Å². The van der Waals surface area contributed by atoms with Crippen LogP contribution in [0.25, 0.3) is 0 Å². The van der Waals surface area contributed by atoms with Gasteiger partial charge in [0.25, 0.3) is 5.69 Å². The highest BCUT2D eigenvalue weighted by atomic mass is 35.5. The Kier molecular flexibility index (Phi) is 6.05. The predicted octanol–water partition coefficient (Wildman–Crippen LogP) is 4.38. The van der Waals surface area contributed by atoms with Crippen LogP contribution in [-0.2, 0) is 4.79 Å². The quantitative estimate of drug-likeness (QED) is 0.466. The number of nitro groups is 1. The van der Waals surface area contributed by atoms with Gasteiger partial charge in [-0.3, -0.25) is 14.9 Å². The first-order valence-electron chi connectivity index (χ1n) is 6.96. The zero-order valence-corrected chi connectivity index (χ0v) is 14.6. The van der Waals surface area contributed by atoms with Crippen LogP contribution in [0.3, 0.4) is 0 Å². The number of carbonyl (C=O) groups excluding carboxylic acids is 1. The summed E-state index contributed by atoms with van der Waals surface area (Å²) in [4.78, 5) is 23.5. The highest BCUT2D eigenvalue weighted by Gasteiger charge is 2.17. The van der Waals surface area contributed by atoms with E-state index in [-0.39, 0.29) is 22.3 Å². The molecule has 0 radical (unpaired) electrons. The molecule has 6 nitrogen and oxygen atoms in total. The molecule has 0 bridgehead atoms. The first-order chi connectivity index (χ1) is 11.4. The molecule has 2 aromatic carbocycles. The fourth-order valence-electron chi connectivity index (χ4n) is 1.87. The molecule has 8 heteroatoms. The fraction of sp³-hybridized carbons (Fsp3) is 0.188. The third-order valence-electron chi connectivity index (χ3n) is 3.16. The number of nitrogens with one attached hydrogen (secondary N) is 1. The number of ether oxygens (including phenoxy) is 1. The Hall–Kier alpha value is -2.25. The van der Waals surface area contributed by atoms with Crippen LogP contribution in [0.5, 0.6) is 5.75 Å². The lowest BCUT2D eigenvalue weighted by molar-refractivity contribution is -0.384. The van der Waals surface area contributed by atoms with Gasteiger partial charge in [-0.05, 0) is 37.3 Å². The van der Waals surface area contributed by atoms with Gasteiger partial charge in [0, 0.05) is 17.0 Å². The van der Waals surface area contributed by atoms with E-state index in [9.17, 15) is 14.9 Å². The standard InChI is InChI=1S/C16H15ClN2O4S/c1-10(24-13-6-4-12(23-2)5-7-13)16(20)18-15-9-11(19(21)22)3-8-14(15)17/h3-10H,1-2H3,(H,18,20). The number of amides is 1. The molecule has 2 aromatic rings. The molecule has 0 aliphatic rings. The number of methoxy groups -OCH3 is 1. The van der Waals surface area contributed by atoms with Crippen molar-refractivity contribution < 1.29 is 14.5 Å². The van der Waals surface area contributed by atoms with Crippen molar-refractivity contribution in [3.8, 4) is 5.75 Å². The second-order valence-corrected chi connectivity index (χ2v) is 6.67. The molecular formula is C16H15ClN2O4S. The number of carbonyl (C=O) groups is 1. The monoisotopic (exact) mass is 366 g/mol. The van der Waals surface area contributed by atoms with E-state index in [0.29, 0.717) is 0 Å². The Bertz CT molecular complexity index is 752. The first-order valence-corrected chi connectivity index (χ1v) is 8.22. The number of hydrogen-bond acceptors (Lipinski definition) is 5. The lowest BCUT2D eigenvalue weighted by Crippen LogP contribution is -2.22. The largest absolute Gasteiger partial charge is 0.497 e. The van der Waals surface area contributed by atoms with E-state index < -0.39 is 10.2 Å². The molecule has 0 aliphatic carbocycles. The number of thioether (sulfide) groups is 1. The average Bonchev–Trinajstić information content (AvgIpc) is 2.57. The van der Waals surface area contributed by atoms with E-state index in [1.54, 1.807) is 14.0 Å². The zero-order valence-electron chi connectivity index (χ0n) is 13.0. The van der Waals surface area contributed by atoms with Crippen molar-refractivity contribution in [3.63, 3.8) is 0 Å². The Morgan fingerprint density at radius 3 is 2.54 bits per heavy atom. The number of non-ortho nitro benzene ring substituents is 1. The topological polar surface area (TPSA) is 81.5 Å². The summed E-state index contributed by atoms with van der Waals surface area (Å²) in [5.41, 5.74) is 0.0863. The third-order valence-corrected chi connectivity index (χ3v) is 4.60. The summed E-state index contributed by atoms with van der Waals surface area (Å²) in [5, 5.41) is 13.3. The number of benzene rings is 2. The molecule has 0 fully saturated rings. The lowest BCUT2D eigenvalue weighted by atomic mass is 10.2. The molecule has 1 atom stereocenters. The van der Waals surface area contributed by atoms with Gasteiger partial charge >= 0.3 is 0 Å². The number of nitrogens with zero attached hydrogens (tertiary/aromatic N) is 1. The molecule has 126 valence electrons. The lowest BCUT2D eigenvalue weighted by Gasteiger charge is -2.13. The SMILES string of the molecule is COc1ccc(SC(C)C(=O)Nc2cc([N+](=O)[O-])ccc2Cl)cc1. The molecule has 1 amide bonds.